The van der Waals surface area contributed by atoms with Crippen molar-refractivity contribution in [3.05, 3.63) is 46.9 Å². The van der Waals surface area contributed by atoms with Gasteiger partial charge in [0.25, 0.3) is 10.0 Å². The summed E-state index contributed by atoms with van der Waals surface area (Å²) in [7, 11) is 1.69. The number of sulfonamides is 1. The van der Waals surface area contributed by atoms with E-state index in [1.807, 2.05) is 0 Å². The highest BCUT2D eigenvalue weighted by atomic mass is 32.2. The first-order valence-electron chi connectivity index (χ1n) is 10.5. The maximum absolute atomic E-state index is 12.8. The second kappa shape index (κ2) is 11.7. The lowest BCUT2D eigenvalue weighted by molar-refractivity contribution is -0.175. The van der Waals surface area contributed by atoms with Crippen molar-refractivity contribution in [3.63, 3.8) is 0 Å². The molecule has 12 heteroatoms. The number of carbonyl (C=O) groups is 2. The normalized spacial score (nSPS) is 12.9. The Bertz CT molecular complexity index is 1230. The molecule has 0 aliphatic rings. The molecule has 0 bridgehead atoms. The predicted octanol–water partition coefficient (Wildman–Crippen LogP) is 3.08. The van der Waals surface area contributed by atoms with Gasteiger partial charge in [0.15, 0.2) is 0 Å². The van der Waals surface area contributed by atoms with E-state index in [0.29, 0.717) is 34.1 Å². The maximum Gasteiger partial charge on any atom is 0.348 e. The van der Waals surface area contributed by atoms with Gasteiger partial charge in [-0.1, -0.05) is 0 Å². The van der Waals surface area contributed by atoms with Crippen LogP contribution >= 0.6 is 0 Å². The molecule has 0 saturated carbocycles. The van der Waals surface area contributed by atoms with Crippen LogP contribution in [0.5, 0.6) is 23.0 Å². The van der Waals surface area contributed by atoms with Gasteiger partial charge in [-0.15, -0.1) is 0 Å². The van der Waals surface area contributed by atoms with E-state index in [1.54, 1.807) is 12.1 Å². The molecule has 0 heterocycles. The van der Waals surface area contributed by atoms with E-state index in [2.05, 4.69) is 4.72 Å². The smallest absolute Gasteiger partial charge is 0.348 e. The third-order valence-electron chi connectivity index (χ3n) is 5.06. The highest BCUT2D eigenvalue weighted by Crippen LogP contribution is 2.35. The summed E-state index contributed by atoms with van der Waals surface area (Å²) in [5.74, 6) is -0.706. The average molecular weight is 524 g/mol. The van der Waals surface area contributed by atoms with Crippen molar-refractivity contribution in [2.24, 2.45) is 0 Å². The lowest BCUT2D eigenvalue weighted by atomic mass is 9.95. The number of rotatable bonds is 12. The molecule has 1 atom stereocenters. The van der Waals surface area contributed by atoms with Gasteiger partial charge < -0.3 is 28.8 Å². The van der Waals surface area contributed by atoms with Crippen LogP contribution in [-0.4, -0.2) is 59.5 Å². The number of ether oxygens (including phenoxy) is 5. The molecule has 0 radical (unpaired) electrons. The Labute approximate surface area is 209 Å². The number of methoxy groups -OCH3 is 4. The van der Waals surface area contributed by atoms with Crippen LogP contribution in [0.1, 0.15) is 25.0 Å². The van der Waals surface area contributed by atoms with Crippen molar-refractivity contribution >= 4 is 33.7 Å². The molecule has 2 aromatic carbocycles. The molecule has 36 heavy (non-hydrogen) atoms. The first-order chi connectivity index (χ1) is 16.9. The van der Waals surface area contributed by atoms with Crippen molar-refractivity contribution in [1.82, 2.24) is 0 Å². The predicted molar refractivity (Wildman–Crippen MR) is 132 cm³/mol. The number of carboxylic acids is 1. The Morgan fingerprint density at radius 3 is 2.03 bits per heavy atom. The molecule has 0 spiro atoms. The molecule has 1 unspecified atom stereocenters. The Hall–Kier alpha value is -3.93. The number of aliphatic carboxylic acids is 1. The third-order valence-corrected chi connectivity index (χ3v) is 6.07. The zero-order valence-electron chi connectivity index (χ0n) is 20.8. The highest BCUT2D eigenvalue weighted by molar-refractivity contribution is 7.95. The summed E-state index contributed by atoms with van der Waals surface area (Å²) < 4.78 is 54.1. The van der Waals surface area contributed by atoms with Gasteiger partial charge in [-0.25, -0.2) is 13.2 Å². The minimum absolute atomic E-state index is 0.139. The summed E-state index contributed by atoms with van der Waals surface area (Å²) in [5.41, 5.74) is -1.07. The molecule has 2 aromatic rings. The monoisotopic (exact) mass is 523 g/mol. The molecule has 196 valence electrons. The molecule has 2 rings (SSSR count). The van der Waals surface area contributed by atoms with E-state index in [9.17, 15) is 23.1 Å². The standard InChI is InChI=1S/C24H29NO10S/c1-15(26)35-24(2,23(27)28)14-16-11-17(7-8-20(16)32-4)25-36(29,30)10-9-19-21(33-5)12-18(31-3)13-22(19)34-6/h7-13,25H,14H2,1-6H3,(H,27,28). The van der Waals surface area contributed by atoms with Crippen LogP contribution < -0.4 is 23.7 Å². The van der Waals surface area contributed by atoms with Crippen molar-refractivity contribution in [1.29, 1.82) is 0 Å². The van der Waals surface area contributed by atoms with Crippen LogP contribution in [0.3, 0.4) is 0 Å². The Balaban J connectivity index is 2.39. The van der Waals surface area contributed by atoms with Gasteiger partial charge in [0.05, 0.1) is 39.4 Å². The van der Waals surface area contributed by atoms with Gasteiger partial charge in [-0.3, -0.25) is 9.52 Å². The zero-order valence-corrected chi connectivity index (χ0v) is 21.6. The number of esters is 1. The number of carboxylic acid groups (broad SMARTS) is 1. The Morgan fingerprint density at radius 2 is 1.56 bits per heavy atom. The summed E-state index contributed by atoms with van der Waals surface area (Å²) >= 11 is 0. The summed E-state index contributed by atoms with van der Waals surface area (Å²) in [6, 6.07) is 7.50. The van der Waals surface area contributed by atoms with Crippen LogP contribution in [0.15, 0.2) is 35.7 Å². The number of benzene rings is 2. The lowest BCUT2D eigenvalue weighted by Gasteiger charge is -2.25. The second-order valence-corrected chi connectivity index (χ2v) is 9.29. The maximum atomic E-state index is 12.8. The first-order valence-corrected chi connectivity index (χ1v) is 12.0. The quantitative estimate of drug-likeness (QED) is 0.398. The first kappa shape index (κ1) is 28.3. The number of carbonyl (C=O) groups excluding carboxylic acids is 1. The van der Waals surface area contributed by atoms with Crippen LogP contribution in [0.2, 0.25) is 0 Å². The van der Waals surface area contributed by atoms with Crippen molar-refractivity contribution in [2.75, 3.05) is 33.2 Å². The van der Waals surface area contributed by atoms with E-state index < -0.39 is 27.6 Å². The molecule has 0 saturated heterocycles. The van der Waals surface area contributed by atoms with E-state index in [0.717, 1.165) is 12.3 Å². The van der Waals surface area contributed by atoms with Gasteiger partial charge in [0.1, 0.15) is 23.0 Å². The van der Waals surface area contributed by atoms with Gasteiger partial charge in [-0.05, 0) is 31.2 Å². The molecule has 0 aromatic heterocycles. The van der Waals surface area contributed by atoms with E-state index in [4.69, 9.17) is 23.7 Å². The number of nitrogens with one attached hydrogen (secondary N) is 1. The largest absolute Gasteiger partial charge is 0.496 e. The van der Waals surface area contributed by atoms with E-state index in [1.165, 1.54) is 59.6 Å². The fraction of sp³-hybridized carbons (Fsp3) is 0.333. The SMILES string of the molecule is COc1cc(OC)c(C=CS(=O)(=O)Nc2ccc(OC)c(CC(C)(OC(C)=O)C(=O)O)c2)c(OC)c1. The van der Waals surface area contributed by atoms with Crippen LogP contribution in [-0.2, 0) is 30.8 Å². The van der Waals surface area contributed by atoms with Gasteiger partial charge in [0.2, 0.25) is 5.60 Å². The lowest BCUT2D eigenvalue weighted by Crippen LogP contribution is -2.42. The summed E-state index contributed by atoms with van der Waals surface area (Å²) in [4.78, 5) is 23.2. The summed E-state index contributed by atoms with van der Waals surface area (Å²) in [6.45, 7) is 2.34. The second-order valence-electron chi connectivity index (χ2n) is 7.73. The van der Waals surface area contributed by atoms with Gasteiger partial charge in [0, 0.05) is 36.7 Å². The van der Waals surface area contributed by atoms with Crippen molar-refractivity contribution in [3.8, 4) is 23.0 Å². The number of anilines is 1. The Morgan fingerprint density at radius 1 is 0.972 bits per heavy atom. The molecule has 0 aliphatic carbocycles. The van der Waals surface area contributed by atoms with Crippen LogP contribution in [0.4, 0.5) is 5.69 Å². The fourth-order valence-electron chi connectivity index (χ4n) is 3.37. The fourth-order valence-corrected chi connectivity index (χ4v) is 4.21. The van der Waals surface area contributed by atoms with Gasteiger partial charge >= 0.3 is 11.9 Å². The van der Waals surface area contributed by atoms with Gasteiger partial charge in [-0.2, -0.15) is 0 Å². The molecular formula is C24H29NO10S. The zero-order chi connectivity index (χ0) is 27.1. The third kappa shape index (κ3) is 7.04. The molecule has 0 fully saturated rings. The summed E-state index contributed by atoms with van der Waals surface area (Å²) in [6.07, 6.45) is 1.04. The molecule has 0 amide bonds. The average Bonchev–Trinajstić information content (AvgIpc) is 2.81. The molecular weight excluding hydrogens is 494 g/mol. The number of hydrogen-bond acceptors (Lipinski definition) is 9. The molecule has 2 N–H and O–H groups in total. The minimum atomic E-state index is -4.03. The van der Waals surface area contributed by atoms with E-state index in [-0.39, 0.29) is 12.1 Å². The van der Waals surface area contributed by atoms with Crippen molar-refractivity contribution in [2.45, 2.75) is 25.9 Å². The Kier molecular flexibility index (Phi) is 9.17. The number of hydrogen-bond donors (Lipinski definition) is 2. The van der Waals surface area contributed by atoms with Crippen LogP contribution in [0, 0.1) is 0 Å². The topological polar surface area (TPSA) is 147 Å². The highest BCUT2D eigenvalue weighted by Gasteiger charge is 2.38. The van der Waals surface area contributed by atoms with Crippen LogP contribution in [0.25, 0.3) is 6.08 Å². The molecule has 11 nitrogen and oxygen atoms in total. The summed E-state index contributed by atoms with van der Waals surface area (Å²) in [5, 5.41) is 10.5. The minimum Gasteiger partial charge on any atom is -0.496 e. The molecule has 0 aliphatic heterocycles. The van der Waals surface area contributed by atoms with E-state index >= 15 is 0 Å². The van der Waals surface area contributed by atoms with Crippen molar-refractivity contribution < 1.29 is 46.8 Å².